The van der Waals surface area contributed by atoms with Gasteiger partial charge in [-0.25, -0.2) is 4.79 Å². The van der Waals surface area contributed by atoms with Crippen LogP contribution in [0.2, 0.25) is 0 Å². The number of aromatic hydroxyl groups is 1. The fourth-order valence-electron chi connectivity index (χ4n) is 3.51. The van der Waals surface area contributed by atoms with Crippen LogP contribution >= 0.6 is 11.8 Å². The summed E-state index contributed by atoms with van der Waals surface area (Å²) in [5, 5.41) is 23.4. The van der Waals surface area contributed by atoms with Gasteiger partial charge in [-0.1, -0.05) is 12.1 Å². The number of nitrogens with zero attached hydrogens (tertiary/aromatic N) is 1. The zero-order valence-corrected chi connectivity index (χ0v) is 18.8. The summed E-state index contributed by atoms with van der Waals surface area (Å²) in [6.45, 7) is 0.0160. The number of phenols is 1. The molecule has 1 aromatic rings. The Balaban J connectivity index is 1.87. The number of nitrogens with one attached hydrogen (secondary N) is 2. The summed E-state index contributed by atoms with van der Waals surface area (Å²) in [5.74, 6) is -1.87. The van der Waals surface area contributed by atoms with E-state index in [9.17, 15) is 29.4 Å². The Hall–Kier alpha value is -2.79. The van der Waals surface area contributed by atoms with E-state index < -0.39 is 35.9 Å². The van der Waals surface area contributed by atoms with Crippen molar-refractivity contribution in [1.82, 2.24) is 15.5 Å². The molecular weight excluding hydrogens is 436 g/mol. The molecule has 2 rings (SSSR count). The summed E-state index contributed by atoms with van der Waals surface area (Å²) in [6, 6.07) is 3.79. The van der Waals surface area contributed by atoms with Gasteiger partial charge in [-0.05, 0) is 55.4 Å². The van der Waals surface area contributed by atoms with E-state index in [4.69, 9.17) is 5.73 Å². The number of carboxylic acids is 1. The first-order valence-corrected chi connectivity index (χ1v) is 11.7. The number of benzene rings is 1. The van der Waals surface area contributed by atoms with Crippen LogP contribution in [0.1, 0.15) is 24.8 Å². The minimum atomic E-state index is -1.13. The topological polar surface area (TPSA) is 162 Å². The molecule has 0 aromatic heterocycles. The van der Waals surface area contributed by atoms with Crippen molar-refractivity contribution in [2.75, 3.05) is 25.1 Å². The maximum absolute atomic E-state index is 12.8. The smallest absolute Gasteiger partial charge is 0.326 e. The quantitative estimate of drug-likeness (QED) is 0.297. The first kappa shape index (κ1) is 25.5. The number of rotatable bonds is 11. The van der Waals surface area contributed by atoms with Crippen molar-refractivity contribution in [3.8, 4) is 5.75 Å². The molecule has 0 aliphatic carbocycles. The average molecular weight is 467 g/mol. The van der Waals surface area contributed by atoms with E-state index in [2.05, 4.69) is 10.6 Å². The van der Waals surface area contributed by atoms with E-state index in [1.54, 1.807) is 12.1 Å². The molecule has 176 valence electrons. The molecule has 3 amide bonds. The molecule has 1 fully saturated rings. The van der Waals surface area contributed by atoms with Crippen LogP contribution in [0.4, 0.5) is 0 Å². The molecule has 1 saturated heterocycles. The Morgan fingerprint density at radius 2 is 1.94 bits per heavy atom. The van der Waals surface area contributed by atoms with Crippen LogP contribution in [0.15, 0.2) is 24.3 Å². The number of hydrogen-bond acceptors (Lipinski definition) is 7. The minimum Gasteiger partial charge on any atom is -0.508 e. The largest absolute Gasteiger partial charge is 0.508 e. The lowest BCUT2D eigenvalue weighted by Gasteiger charge is -2.26. The Morgan fingerprint density at radius 1 is 1.25 bits per heavy atom. The van der Waals surface area contributed by atoms with Crippen LogP contribution in [0, 0.1) is 0 Å². The molecule has 1 aliphatic heterocycles. The van der Waals surface area contributed by atoms with Gasteiger partial charge in [0.1, 0.15) is 17.8 Å². The molecule has 0 radical (unpaired) electrons. The Morgan fingerprint density at radius 3 is 2.56 bits per heavy atom. The number of phenolic OH excluding ortho intramolecular Hbond substituents is 1. The first-order valence-electron chi connectivity index (χ1n) is 10.4. The number of carbonyl (C=O) groups is 4. The van der Waals surface area contributed by atoms with Gasteiger partial charge in [-0.2, -0.15) is 11.8 Å². The second kappa shape index (κ2) is 12.3. The molecule has 1 aromatic carbocycles. The number of aliphatic carboxylic acids is 1. The minimum absolute atomic E-state index is 0.118. The number of likely N-dealkylation sites (tertiary alicyclic amines) is 1. The molecular formula is C21H30N4O6S. The first-order chi connectivity index (χ1) is 15.2. The second-order valence-corrected chi connectivity index (χ2v) is 8.61. The molecule has 0 spiro atoms. The highest BCUT2D eigenvalue weighted by Gasteiger charge is 2.36. The molecule has 0 bridgehead atoms. The van der Waals surface area contributed by atoms with E-state index in [0.29, 0.717) is 25.1 Å². The van der Waals surface area contributed by atoms with Crippen LogP contribution < -0.4 is 16.4 Å². The predicted octanol–water partition coefficient (Wildman–Crippen LogP) is -0.308. The third-order valence-corrected chi connectivity index (χ3v) is 5.86. The molecule has 1 aliphatic rings. The van der Waals surface area contributed by atoms with Gasteiger partial charge in [-0.15, -0.1) is 0 Å². The summed E-state index contributed by atoms with van der Waals surface area (Å²) in [7, 11) is 0. The van der Waals surface area contributed by atoms with Crippen LogP contribution in [0.3, 0.4) is 0 Å². The van der Waals surface area contributed by atoms with Crippen LogP contribution in [0.5, 0.6) is 5.75 Å². The number of nitrogens with two attached hydrogens (primary N) is 1. The van der Waals surface area contributed by atoms with Crippen molar-refractivity contribution in [1.29, 1.82) is 0 Å². The average Bonchev–Trinajstić information content (AvgIpc) is 3.25. The Bertz CT molecular complexity index is 819. The number of thioether (sulfide) groups is 1. The standard InChI is InChI=1S/C21H30N4O6S/c1-32-10-8-16(21(30)31)24-18(27)12-23-19(28)17-3-2-9-25(17)20(29)15(22)11-13-4-6-14(26)7-5-13/h4-7,15-17,26H,2-3,8-12,22H2,1H3,(H,23,28)(H,24,27)(H,30,31). The van der Waals surface area contributed by atoms with Gasteiger partial charge >= 0.3 is 5.97 Å². The molecule has 1 heterocycles. The molecule has 3 unspecified atom stereocenters. The van der Waals surface area contributed by atoms with Crippen molar-refractivity contribution in [3.05, 3.63) is 29.8 Å². The van der Waals surface area contributed by atoms with Gasteiger partial charge < -0.3 is 31.5 Å². The van der Waals surface area contributed by atoms with E-state index in [1.165, 1.54) is 28.8 Å². The van der Waals surface area contributed by atoms with Gasteiger partial charge in [0.2, 0.25) is 17.7 Å². The Labute approximate surface area is 190 Å². The fourth-order valence-corrected chi connectivity index (χ4v) is 3.98. The monoisotopic (exact) mass is 466 g/mol. The number of carbonyl (C=O) groups excluding carboxylic acids is 3. The van der Waals surface area contributed by atoms with E-state index in [-0.39, 0.29) is 31.0 Å². The van der Waals surface area contributed by atoms with Crippen molar-refractivity contribution >= 4 is 35.5 Å². The lowest BCUT2D eigenvalue weighted by Crippen LogP contribution is -2.53. The second-order valence-electron chi connectivity index (χ2n) is 7.62. The van der Waals surface area contributed by atoms with Crippen molar-refractivity contribution < 1.29 is 29.4 Å². The molecule has 0 saturated carbocycles. The maximum atomic E-state index is 12.8. The Kier molecular flexibility index (Phi) is 9.79. The van der Waals surface area contributed by atoms with Crippen molar-refractivity contribution in [2.24, 2.45) is 5.73 Å². The molecule has 10 nitrogen and oxygen atoms in total. The maximum Gasteiger partial charge on any atom is 0.326 e. The highest BCUT2D eigenvalue weighted by molar-refractivity contribution is 7.98. The fraction of sp³-hybridized carbons (Fsp3) is 0.524. The van der Waals surface area contributed by atoms with Gasteiger partial charge in [0.25, 0.3) is 0 Å². The van der Waals surface area contributed by atoms with Gasteiger partial charge in [0, 0.05) is 6.54 Å². The van der Waals surface area contributed by atoms with E-state index in [0.717, 1.165) is 5.56 Å². The normalized spacial score (nSPS) is 17.4. The van der Waals surface area contributed by atoms with Crippen molar-refractivity contribution in [3.63, 3.8) is 0 Å². The third-order valence-electron chi connectivity index (χ3n) is 5.21. The van der Waals surface area contributed by atoms with E-state index >= 15 is 0 Å². The highest BCUT2D eigenvalue weighted by Crippen LogP contribution is 2.19. The SMILES string of the molecule is CSCCC(NC(=O)CNC(=O)C1CCCN1C(=O)C(N)Cc1ccc(O)cc1)C(=O)O. The van der Waals surface area contributed by atoms with Gasteiger partial charge in [-0.3, -0.25) is 14.4 Å². The number of amides is 3. The number of hydrogen-bond donors (Lipinski definition) is 5. The molecule has 3 atom stereocenters. The summed E-state index contributed by atoms with van der Waals surface area (Å²) in [4.78, 5) is 50.2. The lowest BCUT2D eigenvalue weighted by molar-refractivity contribution is -0.142. The summed E-state index contributed by atoms with van der Waals surface area (Å²) < 4.78 is 0. The van der Waals surface area contributed by atoms with Crippen LogP contribution in [-0.2, 0) is 25.6 Å². The third kappa shape index (κ3) is 7.41. The van der Waals surface area contributed by atoms with Gasteiger partial charge in [0.05, 0.1) is 12.6 Å². The number of carboxylic acid groups (broad SMARTS) is 1. The molecule has 6 N–H and O–H groups in total. The van der Waals surface area contributed by atoms with Crippen LogP contribution in [0.25, 0.3) is 0 Å². The summed E-state index contributed by atoms with van der Waals surface area (Å²) >= 11 is 1.47. The lowest BCUT2D eigenvalue weighted by atomic mass is 10.0. The predicted molar refractivity (Wildman–Crippen MR) is 120 cm³/mol. The summed E-state index contributed by atoms with van der Waals surface area (Å²) in [6.07, 6.45) is 3.47. The highest BCUT2D eigenvalue weighted by atomic mass is 32.2. The molecule has 32 heavy (non-hydrogen) atoms. The van der Waals surface area contributed by atoms with E-state index in [1.807, 2.05) is 6.26 Å². The molecule has 11 heteroatoms. The zero-order valence-electron chi connectivity index (χ0n) is 18.0. The summed E-state index contributed by atoms with van der Waals surface area (Å²) in [5.41, 5.74) is 6.85. The van der Waals surface area contributed by atoms with Crippen molar-refractivity contribution in [2.45, 2.75) is 43.8 Å². The van der Waals surface area contributed by atoms with Crippen LogP contribution in [-0.4, -0.2) is 82.0 Å². The van der Waals surface area contributed by atoms with Gasteiger partial charge in [0.15, 0.2) is 0 Å². The zero-order chi connectivity index (χ0) is 23.7.